The standard InChI is InChI=1S/C17H11Br2FN2O2S/c18-11-3-1-10(2-4-11)14-9-25-17(21-14)22-16(23)8-24-15-6-5-12(20)7-13(15)19/h1-7,9H,8H2,(H,21,22,23). The van der Waals surface area contributed by atoms with Gasteiger partial charge in [0, 0.05) is 15.4 Å². The topological polar surface area (TPSA) is 51.2 Å². The summed E-state index contributed by atoms with van der Waals surface area (Å²) in [6.07, 6.45) is 0. The van der Waals surface area contributed by atoms with Gasteiger partial charge in [-0.15, -0.1) is 11.3 Å². The number of nitrogens with zero attached hydrogens (tertiary/aromatic N) is 1. The zero-order valence-electron chi connectivity index (χ0n) is 12.6. The molecule has 1 N–H and O–H groups in total. The van der Waals surface area contributed by atoms with E-state index in [1.54, 1.807) is 0 Å². The van der Waals surface area contributed by atoms with Crippen LogP contribution in [0.3, 0.4) is 0 Å². The van der Waals surface area contributed by atoms with Crippen LogP contribution in [0.25, 0.3) is 11.3 Å². The molecule has 1 amide bonds. The number of halogens is 3. The van der Waals surface area contributed by atoms with E-state index in [9.17, 15) is 9.18 Å². The van der Waals surface area contributed by atoms with Crippen molar-refractivity contribution in [3.8, 4) is 17.0 Å². The summed E-state index contributed by atoms with van der Waals surface area (Å²) in [6.45, 7) is -0.197. The Bertz CT molecular complexity index is 900. The molecule has 0 aliphatic heterocycles. The maximum Gasteiger partial charge on any atom is 0.264 e. The van der Waals surface area contributed by atoms with Gasteiger partial charge in [-0.1, -0.05) is 28.1 Å². The molecule has 4 nitrogen and oxygen atoms in total. The summed E-state index contributed by atoms with van der Waals surface area (Å²) in [4.78, 5) is 16.4. The Balaban J connectivity index is 1.59. The van der Waals surface area contributed by atoms with Gasteiger partial charge in [0.25, 0.3) is 5.91 Å². The second kappa shape index (κ2) is 8.07. The Labute approximate surface area is 164 Å². The van der Waals surface area contributed by atoms with E-state index in [0.717, 1.165) is 15.7 Å². The maximum atomic E-state index is 13.0. The van der Waals surface area contributed by atoms with Gasteiger partial charge in [0.05, 0.1) is 10.2 Å². The van der Waals surface area contributed by atoms with Crippen molar-refractivity contribution in [2.24, 2.45) is 0 Å². The number of thiazole rings is 1. The van der Waals surface area contributed by atoms with E-state index >= 15 is 0 Å². The second-order valence-electron chi connectivity index (χ2n) is 4.96. The van der Waals surface area contributed by atoms with Crippen LogP contribution in [0, 0.1) is 5.82 Å². The summed E-state index contributed by atoms with van der Waals surface area (Å²) >= 11 is 7.91. The Hall–Kier alpha value is -1.77. The average molecular weight is 486 g/mol. The van der Waals surface area contributed by atoms with Gasteiger partial charge in [-0.3, -0.25) is 10.1 Å². The van der Waals surface area contributed by atoms with Gasteiger partial charge in [0.15, 0.2) is 11.7 Å². The highest BCUT2D eigenvalue weighted by molar-refractivity contribution is 9.10. The molecule has 2 aromatic carbocycles. The molecule has 1 aromatic heterocycles. The van der Waals surface area contributed by atoms with Crippen molar-refractivity contribution in [3.05, 3.63) is 62.6 Å². The predicted molar refractivity (Wildman–Crippen MR) is 103 cm³/mol. The van der Waals surface area contributed by atoms with Gasteiger partial charge in [0.2, 0.25) is 0 Å². The smallest absolute Gasteiger partial charge is 0.264 e. The monoisotopic (exact) mass is 484 g/mol. The molecule has 3 aromatic rings. The molecule has 0 aliphatic rings. The van der Waals surface area contributed by atoms with Gasteiger partial charge in [-0.2, -0.15) is 0 Å². The number of carbonyl (C=O) groups excluding carboxylic acids is 1. The van der Waals surface area contributed by atoms with Gasteiger partial charge >= 0.3 is 0 Å². The number of amides is 1. The van der Waals surface area contributed by atoms with E-state index in [2.05, 4.69) is 42.2 Å². The first-order valence-electron chi connectivity index (χ1n) is 7.10. The third kappa shape index (κ3) is 4.87. The van der Waals surface area contributed by atoms with Crippen molar-refractivity contribution < 1.29 is 13.9 Å². The molecule has 0 bridgehead atoms. The van der Waals surface area contributed by atoms with Crippen LogP contribution in [0.1, 0.15) is 0 Å². The molecule has 0 unspecified atom stereocenters. The molecule has 0 spiro atoms. The van der Waals surface area contributed by atoms with Crippen molar-refractivity contribution >= 4 is 54.2 Å². The van der Waals surface area contributed by atoms with Crippen molar-refractivity contribution in [2.45, 2.75) is 0 Å². The first-order valence-corrected chi connectivity index (χ1v) is 9.57. The molecule has 0 saturated heterocycles. The van der Waals surface area contributed by atoms with Crippen LogP contribution in [-0.2, 0) is 4.79 Å². The Morgan fingerprint density at radius 2 is 1.96 bits per heavy atom. The molecule has 128 valence electrons. The summed E-state index contributed by atoms with van der Waals surface area (Å²) < 4.78 is 19.8. The highest BCUT2D eigenvalue weighted by atomic mass is 79.9. The lowest BCUT2D eigenvalue weighted by molar-refractivity contribution is -0.118. The second-order valence-corrected chi connectivity index (χ2v) is 7.58. The van der Waals surface area contributed by atoms with Crippen LogP contribution in [0.4, 0.5) is 9.52 Å². The number of ether oxygens (including phenoxy) is 1. The summed E-state index contributed by atoms with van der Waals surface area (Å²) in [5, 5.41) is 5.05. The van der Waals surface area contributed by atoms with E-state index in [1.807, 2.05) is 29.6 Å². The van der Waals surface area contributed by atoms with E-state index in [0.29, 0.717) is 15.4 Å². The third-order valence-electron chi connectivity index (χ3n) is 3.14. The van der Waals surface area contributed by atoms with Gasteiger partial charge in [-0.05, 0) is 46.3 Å². The fourth-order valence-electron chi connectivity index (χ4n) is 1.98. The number of hydrogen-bond donors (Lipinski definition) is 1. The molecule has 0 saturated carbocycles. The molecule has 0 fully saturated rings. The van der Waals surface area contributed by atoms with Crippen LogP contribution < -0.4 is 10.1 Å². The van der Waals surface area contributed by atoms with E-state index < -0.39 is 0 Å². The third-order valence-corrected chi connectivity index (χ3v) is 5.05. The fourth-order valence-corrected chi connectivity index (χ4v) is 3.44. The van der Waals surface area contributed by atoms with E-state index in [-0.39, 0.29) is 18.3 Å². The lowest BCUT2D eigenvalue weighted by Crippen LogP contribution is -2.20. The number of nitrogens with one attached hydrogen (secondary N) is 1. The summed E-state index contributed by atoms with van der Waals surface area (Å²) in [7, 11) is 0. The molecule has 8 heteroatoms. The van der Waals surface area contributed by atoms with Crippen LogP contribution in [0.2, 0.25) is 0 Å². The zero-order valence-corrected chi connectivity index (χ0v) is 16.6. The number of carbonyl (C=O) groups is 1. The Morgan fingerprint density at radius 1 is 1.20 bits per heavy atom. The minimum Gasteiger partial charge on any atom is -0.483 e. The molecule has 0 atom stereocenters. The predicted octanol–water partition coefficient (Wildman–Crippen LogP) is 5.49. The Kier molecular flexibility index (Phi) is 5.82. The van der Waals surface area contributed by atoms with Crippen LogP contribution >= 0.6 is 43.2 Å². The first-order chi connectivity index (χ1) is 12.0. The SMILES string of the molecule is O=C(COc1ccc(F)cc1Br)Nc1nc(-c2ccc(Br)cc2)cs1. The van der Waals surface area contributed by atoms with Crippen molar-refractivity contribution in [3.63, 3.8) is 0 Å². The van der Waals surface area contributed by atoms with Crippen LogP contribution in [0.15, 0.2) is 56.8 Å². The molecule has 3 rings (SSSR count). The molecular weight excluding hydrogens is 475 g/mol. The van der Waals surface area contributed by atoms with Crippen molar-refractivity contribution in [2.75, 3.05) is 11.9 Å². The lowest BCUT2D eigenvalue weighted by atomic mass is 10.2. The number of hydrogen-bond acceptors (Lipinski definition) is 4. The van der Waals surface area contributed by atoms with Crippen LogP contribution in [-0.4, -0.2) is 17.5 Å². The van der Waals surface area contributed by atoms with Gasteiger partial charge in [0.1, 0.15) is 11.6 Å². The number of benzene rings is 2. The summed E-state index contributed by atoms with van der Waals surface area (Å²) in [5.41, 5.74) is 1.75. The molecule has 1 heterocycles. The molecular formula is C17H11Br2FN2O2S. The summed E-state index contributed by atoms with van der Waals surface area (Å²) in [6, 6.07) is 11.8. The average Bonchev–Trinajstić information content (AvgIpc) is 3.03. The van der Waals surface area contributed by atoms with Crippen LogP contribution in [0.5, 0.6) is 5.75 Å². The summed E-state index contributed by atoms with van der Waals surface area (Å²) in [5.74, 6) is -0.328. The maximum absolute atomic E-state index is 13.0. The largest absolute Gasteiger partial charge is 0.483 e. The molecule has 0 radical (unpaired) electrons. The fraction of sp³-hybridized carbons (Fsp3) is 0.0588. The van der Waals surface area contributed by atoms with Gasteiger partial charge in [-0.25, -0.2) is 9.37 Å². The molecule has 25 heavy (non-hydrogen) atoms. The number of anilines is 1. The minimum absolute atomic E-state index is 0.197. The normalized spacial score (nSPS) is 10.5. The highest BCUT2D eigenvalue weighted by Crippen LogP contribution is 2.27. The van der Waals surface area contributed by atoms with Crippen molar-refractivity contribution in [1.82, 2.24) is 4.98 Å². The lowest BCUT2D eigenvalue weighted by Gasteiger charge is -2.07. The van der Waals surface area contributed by atoms with Gasteiger partial charge < -0.3 is 4.74 Å². The van der Waals surface area contributed by atoms with E-state index in [4.69, 9.17) is 4.74 Å². The highest BCUT2D eigenvalue weighted by Gasteiger charge is 2.10. The number of rotatable bonds is 5. The first kappa shape index (κ1) is 18.0. The van der Waals surface area contributed by atoms with E-state index in [1.165, 1.54) is 29.5 Å². The molecule has 0 aliphatic carbocycles. The quantitative estimate of drug-likeness (QED) is 0.519. The van der Waals surface area contributed by atoms with Crippen molar-refractivity contribution in [1.29, 1.82) is 0 Å². The minimum atomic E-state index is -0.382. The Morgan fingerprint density at radius 3 is 2.68 bits per heavy atom. The zero-order chi connectivity index (χ0) is 17.8. The number of aromatic nitrogens is 1.